The number of benzene rings is 1. The summed E-state index contributed by atoms with van der Waals surface area (Å²) in [6.07, 6.45) is 7.50. The maximum absolute atomic E-state index is 12.8. The van der Waals surface area contributed by atoms with Gasteiger partial charge in [-0.05, 0) is 56.1 Å². The van der Waals surface area contributed by atoms with Gasteiger partial charge in [-0.1, -0.05) is 24.3 Å². The second kappa shape index (κ2) is 8.32. The highest BCUT2D eigenvalue weighted by molar-refractivity contribution is 5.81. The highest BCUT2D eigenvalue weighted by atomic mass is 16.2. The van der Waals surface area contributed by atoms with Crippen molar-refractivity contribution in [2.24, 2.45) is 5.92 Å². The molecule has 2 aliphatic heterocycles. The molecule has 0 bridgehead atoms. The molecule has 1 N–H and O–H groups in total. The third kappa shape index (κ3) is 4.12. The molecular weight excluding hydrogens is 338 g/mol. The number of piperidine rings is 1. The van der Waals surface area contributed by atoms with Crippen molar-refractivity contribution in [3.05, 3.63) is 35.4 Å². The zero-order chi connectivity index (χ0) is 18.6. The maximum atomic E-state index is 12.8. The molecule has 2 heterocycles. The number of nitrogens with zero attached hydrogens (tertiary/aromatic N) is 2. The van der Waals surface area contributed by atoms with Gasteiger partial charge in [0, 0.05) is 38.6 Å². The minimum absolute atomic E-state index is 0.0656. The van der Waals surface area contributed by atoms with Crippen LogP contribution in [0.4, 0.5) is 4.79 Å². The average molecular weight is 370 g/mol. The van der Waals surface area contributed by atoms with E-state index in [4.69, 9.17) is 0 Å². The van der Waals surface area contributed by atoms with E-state index in [1.165, 1.54) is 17.5 Å². The van der Waals surface area contributed by atoms with E-state index in [0.717, 1.165) is 58.2 Å². The van der Waals surface area contributed by atoms with Gasteiger partial charge in [-0.2, -0.15) is 0 Å². The number of fused-ring (bicyclic) bond motifs is 1. The van der Waals surface area contributed by atoms with E-state index in [1.54, 1.807) is 0 Å². The molecule has 3 amide bonds. The fourth-order valence-corrected chi connectivity index (χ4v) is 4.91. The summed E-state index contributed by atoms with van der Waals surface area (Å²) in [5, 5.41) is 3.20. The molecule has 0 aromatic heterocycles. The molecule has 0 spiro atoms. The summed E-state index contributed by atoms with van der Waals surface area (Å²) in [5.74, 6) is 0.478. The molecule has 2 fully saturated rings. The Hall–Kier alpha value is -2.04. The predicted molar refractivity (Wildman–Crippen MR) is 106 cm³/mol. The highest BCUT2D eigenvalue weighted by Crippen LogP contribution is 2.31. The van der Waals surface area contributed by atoms with Gasteiger partial charge in [0.05, 0.1) is 5.92 Å². The molecule has 0 radical (unpaired) electrons. The fourth-order valence-electron chi connectivity index (χ4n) is 4.91. The summed E-state index contributed by atoms with van der Waals surface area (Å²) < 4.78 is 0. The lowest BCUT2D eigenvalue weighted by Crippen LogP contribution is -2.50. The van der Waals surface area contributed by atoms with Crippen molar-refractivity contribution in [1.82, 2.24) is 15.1 Å². The van der Waals surface area contributed by atoms with Crippen LogP contribution < -0.4 is 5.32 Å². The number of likely N-dealkylation sites (tertiary alicyclic amines) is 2. The molecule has 1 aliphatic carbocycles. The first kappa shape index (κ1) is 18.3. The van der Waals surface area contributed by atoms with Gasteiger partial charge >= 0.3 is 6.03 Å². The summed E-state index contributed by atoms with van der Waals surface area (Å²) in [6.45, 7) is 3.81. The Labute approximate surface area is 162 Å². The molecule has 0 unspecified atom stereocenters. The maximum Gasteiger partial charge on any atom is 0.320 e. The number of nitrogens with one attached hydrogen (secondary N) is 1. The quantitative estimate of drug-likeness (QED) is 0.890. The molecule has 146 valence electrons. The van der Waals surface area contributed by atoms with Crippen LogP contribution in [0.5, 0.6) is 0 Å². The van der Waals surface area contributed by atoms with Crippen LogP contribution in [0.2, 0.25) is 0 Å². The van der Waals surface area contributed by atoms with Gasteiger partial charge in [-0.15, -0.1) is 0 Å². The first-order chi connectivity index (χ1) is 13.2. The number of rotatable bonds is 3. The van der Waals surface area contributed by atoms with Gasteiger partial charge in [0.25, 0.3) is 0 Å². The largest absolute Gasteiger partial charge is 0.355 e. The smallest absolute Gasteiger partial charge is 0.320 e. The summed E-state index contributed by atoms with van der Waals surface area (Å²) in [6, 6.07) is 8.76. The number of carbonyl (C=O) groups excluding carboxylic acids is 2. The Bertz CT molecular complexity index is 684. The lowest BCUT2D eigenvalue weighted by atomic mass is 9.83. The molecule has 3 aliphatic rings. The molecule has 1 aromatic carbocycles. The standard InChI is InChI=1S/C22H31N3O2/c26-21(23-15-18-9-5-8-17-7-1-2-11-20(17)18)19-10-6-14-25(16-19)22(27)24-12-3-4-13-24/h1-2,7,11,18-19H,3-6,8-10,12-16H2,(H,23,26)/t18-,19-/m1/s1. The number of amides is 3. The van der Waals surface area contributed by atoms with Gasteiger partial charge in [0.1, 0.15) is 0 Å². The van der Waals surface area contributed by atoms with Crippen molar-refractivity contribution in [1.29, 1.82) is 0 Å². The Morgan fingerprint density at radius 2 is 1.74 bits per heavy atom. The van der Waals surface area contributed by atoms with Crippen molar-refractivity contribution >= 4 is 11.9 Å². The lowest BCUT2D eigenvalue weighted by Gasteiger charge is -2.35. The lowest BCUT2D eigenvalue weighted by molar-refractivity contribution is -0.126. The SMILES string of the molecule is O=C(NC[C@H]1CCCc2ccccc21)[C@@H]1CCCN(C(=O)N2CCCC2)C1. The zero-order valence-corrected chi connectivity index (χ0v) is 16.2. The second-order valence-electron chi connectivity index (χ2n) is 8.30. The monoisotopic (exact) mass is 369 g/mol. The van der Waals surface area contributed by atoms with Crippen LogP contribution in [0, 0.1) is 5.92 Å². The number of aryl methyl sites for hydroxylation is 1. The van der Waals surface area contributed by atoms with Crippen LogP contribution >= 0.6 is 0 Å². The molecule has 1 aromatic rings. The van der Waals surface area contributed by atoms with Crippen LogP contribution in [0.25, 0.3) is 0 Å². The normalized spacial score (nSPS) is 25.2. The predicted octanol–water partition coefficient (Wildman–Crippen LogP) is 3.15. The Morgan fingerprint density at radius 3 is 2.59 bits per heavy atom. The van der Waals surface area contributed by atoms with Crippen molar-refractivity contribution in [2.75, 3.05) is 32.7 Å². The minimum Gasteiger partial charge on any atom is -0.355 e. The third-order valence-corrected chi connectivity index (χ3v) is 6.46. The molecule has 5 nitrogen and oxygen atoms in total. The van der Waals surface area contributed by atoms with Crippen molar-refractivity contribution in [3.63, 3.8) is 0 Å². The van der Waals surface area contributed by atoms with Crippen molar-refractivity contribution in [2.45, 2.75) is 50.9 Å². The molecule has 4 rings (SSSR count). The molecule has 2 atom stereocenters. The number of urea groups is 1. The zero-order valence-electron chi connectivity index (χ0n) is 16.2. The molecular formula is C22H31N3O2. The van der Waals surface area contributed by atoms with Crippen LogP contribution in [-0.2, 0) is 11.2 Å². The minimum atomic E-state index is -0.0656. The van der Waals surface area contributed by atoms with Crippen LogP contribution in [0.1, 0.15) is 55.6 Å². The second-order valence-corrected chi connectivity index (χ2v) is 8.30. The topological polar surface area (TPSA) is 52.7 Å². The first-order valence-electron chi connectivity index (χ1n) is 10.6. The first-order valence-corrected chi connectivity index (χ1v) is 10.6. The molecule has 5 heteroatoms. The Kier molecular flexibility index (Phi) is 5.65. The Balaban J connectivity index is 1.31. The average Bonchev–Trinajstić information content (AvgIpc) is 3.26. The van der Waals surface area contributed by atoms with Gasteiger partial charge in [-0.3, -0.25) is 4.79 Å². The van der Waals surface area contributed by atoms with Crippen molar-refractivity contribution in [3.8, 4) is 0 Å². The fraction of sp³-hybridized carbons (Fsp3) is 0.636. The van der Waals surface area contributed by atoms with E-state index in [1.807, 2.05) is 9.80 Å². The third-order valence-electron chi connectivity index (χ3n) is 6.46. The summed E-state index contributed by atoms with van der Waals surface area (Å²) in [4.78, 5) is 29.3. The van der Waals surface area contributed by atoms with Crippen LogP contribution in [0.3, 0.4) is 0 Å². The van der Waals surface area contributed by atoms with Gasteiger partial charge < -0.3 is 15.1 Å². The molecule has 2 saturated heterocycles. The van der Waals surface area contributed by atoms with Crippen LogP contribution in [0.15, 0.2) is 24.3 Å². The summed E-state index contributed by atoms with van der Waals surface area (Å²) in [5.41, 5.74) is 2.83. The van der Waals surface area contributed by atoms with E-state index in [0.29, 0.717) is 19.0 Å². The number of hydrogen-bond acceptors (Lipinski definition) is 2. The van der Waals surface area contributed by atoms with E-state index in [2.05, 4.69) is 29.6 Å². The number of hydrogen-bond donors (Lipinski definition) is 1. The Morgan fingerprint density at radius 1 is 0.963 bits per heavy atom. The number of carbonyl (C=O) groups is 2. The molecule has 0 saturated carbocycles. The van der Waals surface area contributed by atoms with Gasteiger partial charge in [0.15, 0.2) is 0 Å². The summed E-state index contributed by atoms with van der Waals surface area (Å²) in [7, 11) is 0. The van der Waals surface area contributed by atoms with E-state index >= 15 is 0 Å². The van der Waals surface area contributed by atoms with E-state index < -0.39 is 0 Å². The van der Waals surface area contributed by atoms with Crippen LogP contribution in [-0.4, -0.2) is 54.5 Å². The van der Waals surface area contributed by atoms with E-state index in [9.17, 15) is 9.59 Å². The molecule has 27 heavy (non-hydrogen) atoms. The summed E-state index contributed by atoms with van der Waals surface area (Å²) >= 11 is 0. The highest BCUT2D eigenvalue weighted by Gasteiger charge is 2.32. The van der Waals surface area contributed by atoms with Gasteiger partial charge in [-0.25, -0.2) is 4.79 Å². The van der Waals surface area contributed by atoms with E-state index in [-0.39, 0.29) is 17.9 Å². The van der Waals surface area contributed by atoms with Crippen molar-refractivity contribution < 1.29 is 9.59 Å². The van der Waals surface area contributed by atoms with Gasteiger partial charge in [0.2, 0.25) is 5.91 Å².